The van der Waals surface area contributed by atoms with Crippen LogP contribution >= 0.6 is 27.7 Å². The van der Waals surface area contributed by atoms with Gasteiger partial charge in [-0.25, -0.2) is 5.43 Å². The predicted molar refractivity (Wildman–Crippen MR) is 121 cm³/mol. The second kappa shape index (κ2) is 9.84. The normalized spacial score (nSPS) is 11.5. The summed E-state index contributed by atoms with van der Waals surface area (Å²) in [5.74, 6) is 0.830. The van der Waals surface area contributed by atoms with Crippen molar-refractivity contribution >= 4 is 39.3 Å². The fraction of sp³-hybridized carbons (Fsp3) is 0.238. The average molecular weight is 472 g/mol. The van der Waals surface area contributed by atoms with Crippen LogP contribution in [0.2, 0.25) is 0 Å². The van der Waals surface area contributed by atoms with Gasteiger partial charge in [-0.2, -0.15) is 5.10 Å². The lowest BCUT2D eigenvalue weighted by atomic mass is 10.1. The molecule has 150 valence electrons. The number of nitrogens with one attached hydrogen (secondary N) is 1. The first-order valence-electron chi connectivity index (χ1n) is 9.20. The number of hydrogen-bond acceptors (Lipinski definition) is 5. The van der Waals surface area contributed by atoms with Gasteiger partial charge in [0.2, 0.25) is 0 Å². The number of aromatic nitrogens is 3. The first-order chi connectivity index (χ1) is 14.0. The number of rotatable bonds is 7. The van der Waals surface area contributed by atoms with Crippen LogP contribution in [-0.4, -0.2) is 32.1 Å². The van der Waals surface area contributed by atoms with Gasteiger partial charge in [0.05, 0.1) is 11.5 Å². The number of carbonyl (C=O) groups is 1. The van der Waals surface area contributed by atoms with Crippen molar-refractivity contribution in [2.75, 3.05) is 5.75 Å². The molecular weight excluding hydrogens is 450 g/mol. The van der Waals surface area contributed by atoms with Gasteiger partial charge in [-0.15, -0.1) is 10.2 Å². The zero-order chi connectivity index (χ0) is 20.8. The van der Waals surface area contributed by atoms with Crippen LogP contribution in [0.1, 0.15) is 25.0 Å². The quantitative estimate of drug-likeness (QED) is 0.308. The van der Waals surface area contributed by atoms with Crippen LogP contribution in [0.25, 0.3) is 11.4 Å². The molecule has 6 nitrogen and oxygen atoms in total. The number of halogens is 1. The molecule has 0 aliphatic carbocycles. The lowest BCUT2D eigenvalue weighted by Gasteiger charge is -2.07. The summed E-state index contributed by atoms with van der Waals surface area (Å²) in [7, 11) is 0. The largest absolute Gasteiger partial charge is 0.302 e. The number of aryl methyl sites for hydroxylation is 1. The van der Waals surface area contributed by atoms with Crippen molar-refractivity contribution in [2.24, 2.45) is 5.10 Å². The Morgan fingerprint density at radius 2 is 1.83 bits per heavy atom. The zero-order valence-electron chi connectivity index (χ0n) is 16.5. The summed E-state index contributed by atoms with van der Waals surface area (Å²) >= 11 is 4.76. The van der Waals surface area contributed by atoms with Gasteiger partial charge in [0.15, 0.2) is 11.0 Å². The average Bonchev–Trinajstić information content (AvgIpc) is 3.14. The first-order valence-corrected chi connectivity index (χ1v) is 11.0. The first kappa shape index (κ1) is 21.3. The molecule has 3 aromatic rings. The third-order valence-corrected chi connectivity index (χ3v) is 5.78. The van der Waals surface area contributed by atoms with Crippen molar-refractivity contribution in [2.45, 2.75) is 32.5 Å². The van der Waals surface area contributed by atoms with Gasteiger partial charge in [-0.1, -0.05) is 69.7 Å². The van der Waals surface area contributed by atoms with E-state index in [1.807, 2.05) is 54.8 Å². The molecule has 0 saturated carbocycles. The minimum atomic E-state index is -0.186. The molecule has 1 aromatic heterocycles. The number of carbonyl (C=O) groups excluding carboxylic acids is 1. The fourth-order valence-corrected chi connectivity index (χ4v) is 3.72. The van der Waals surface area contributed by atoms with E-state index in [1.165, 1.54) is 17.3 Å². The Bertz CT molecular complexity index is 1010. The molecule has 0 radical (unpaired) electrons. The number of amides is 1. The molecule has 0 aliphatic heterocycles. The molecule has 0 atom stereocenters. The molecule has 0 fully saturated rings. The van der Waals surface area contributed by atoms with E-state index in [1.54, 1.807) is 0 Å². The molecule has 2 aromatic carbocycles. The molecule has 0 aliphatic rings. The highest BCUT2D eigenvalue weighted by Gasteiger charge is 2.14. The van der Waals surface area contributed by atoms with Gasteiger partial charge in [-0.05, 0) is 38.5 Å². The lowest BCUT2D eigenvalue weighted by molar-refractivity contribution is -0.118. The molecule has 0 spiro atoms. The van der Waals surface area contributed by atoms with Gasteiger partial charge < -0.3 is 4.57 Å². The highest BCUT2D eigenvalue weighted by atomic mass is 79.9. The third-order valence-electron chi connectivity index (χ3n) is 4.29. The van der Waals surface area contributed by atoms with Crippen LogP contribution in [0.4, 0.5) is 0 Å². The summed E-state index contributed by atoms with van der Waals surface area (Å²) in [6, 6.07) is 15.9. The molecule has 0 saturated heterocycles. The van der Waals surface area contributed by atoms with Gasteiger partial charge >= 0.3 is 0 Å². The number of hydrogen-bond donors (Lipinski definition) is 1. The molecule has 0 unspecified atom stereocenters. The number of benzene rings is 2. The monoisotopic (exact) mass is 471 g/mol. The number of hydrazone groups is 1. The van der Waals surface area contributed by atoms with E-state index in [9.17, 15) is 4.79 Å². The predicted octanol–water partition coefficient (Wildman–Crippen LogP) is 4.67. The maximum absolute atomic E-state index is 12.2. The van der Waals surface area contributed by atoms with Crippen molar-refractivity contribution in [3.05, 3.63) is 64.1 Å². The minimum Gasteiger partial charge on any atom is -0.302 e. The van der Waals surface area contributed by atoms with Crippen LogP contribution in [0, 0.1) is 6.92 Å². The standard InChI is InChI=1S/C21H22BrN5OS/c1-4-27-20(17-7-5-14(2)6-8-17)25-26-21(27)29-13-19(28)24-23-15(3)16-9-11-18(22)12-10-16/h5-12H,4,13H2,1-3H3,(H,24,28)/b23-15-. The Balaban J connectivity index is 1.62. The van der Waals surface area contributed by atoms with E-state index in [0.717, 1.165) is 33.7 Å². The summed E-state index contributed by atoms with van der Waals surface area (Å²) in [5.41, 5.74) is 6.51. The maximum Gasteiger partial charge on any atom is 0.250 e. The van der Waals surface area contributed by atoms with E-state index in [4.69, 9.17) is 0 Å². The highest BCUT2D eigenvalue weighted by Crippen LogP contribution is 2.24. The second-order valence-electron chi connectivity index (χ2n) is 6.44. The van der Waals surface area contributed by atoms with Crippen molar-refractivity contribution in [3.63, 3.8) is 0 Å². The second-order valence-corrected chi connectivity index (χ2v) is 8.30. The molecule has 1 amide bonds. The van der Waals surface area contributed by atoms with Gasteiger partial charge in [0, 0.05) is 16.6 Å². The molecule has 1 heterocycles. The summed E-state index contributed by atoms with van der Waals surface area (Å²) in [6.45, 7) is 6.67. The summed E-state index contributed by atoms with van der Waals surface area (Å²) in [6.07, 6.45) is 0. The van der Waals surface area contributed by atoms with E-state index in [2.05, 4.69) is 55.7 Å². The Morgan fingerprint density at radius 3 is 2.48 bits per heavy atom. The Kier molecular flexibility index (Phi) is 7.22. The van der Waals surface area contributed by atoms with Crippen LogP contribution in [0.3, 0.4) is 0 Å². The van der Waals surface area contributed by atoms with E-state index in [0.29, 0.717) is 5.16 Å². The van der Waals surface area contributed by atoms with E-state index < -0.39 is 0 Å². The van der Waals surface area contributed by atoms with Crippen LogP contribution in [-0.2, 0) is 11.3 Å². The summed E-state index contributed by atoms with van der Waals surface area (Å²) < 4.78 is 3.01. The SMILES string of the molecule is CCn1c(SCC(=O)N/N=C(/C)c2ccc(Br)cc2)nnc1-c1ccc(C)cc1. The molecule has 1 N–H and O–H groups in total. The summed E-state index contributed by atoms with van der Waals surface area (Å²) in [5, 5.41) is 13.5. The van der Waals surface area contributed by atoms with Gasteiger partial charge in [-0.3, -0.25) is 4.79 Å². The Morgan fingerprint density at radius 1 is 1.14 bits per heavy atom. The topological polar surface area (TPSA) is 72.2 Å². The van der Waals surface area contributed by atoms with Crippen molar-refractivity contribution in [1.82, 2.24) is 20.2 Å². The molecule has 8 heteroatoms. The van der Waals surface area contributed by atoms with Gasteiger partial charge in [0.25, 0.3) is 5.91 Å². The van der Waals surface area contributed by atoms with Crippen molar-refractivity contribution in [3.8, 4) is 11.4 Å². The molecule has 29 heavy (non-hydrogen) atoms. The Labute approximate surface area is 182 Å². The number of nitrogens with zero attached hydrogens (tertiary/aromatic N) is 4. The van der Waals surface area contributed by atoms with Crippen LogP contribution in [0.15, 0.2) is 63.3 Å². The minimum absolute atomic E-state index is 0.186. The zero-order valence-corrected chi connectivity index (χ0v) is 18.9. The van der Waals surface area contributed by atoms with Crippen LogP contribution < -0.4 is 5.43 Å². The third kappa shape index (κ3) is 5.55. The van der Waals surface area contributed by atoms with E-state index >= 15 is 0 Å². The fourth-order valence-electron chi connectivity index (χ4n) is 2.66. The van der Waals surface area contributed by atoms with Gasteiger partial charge in [0.1, 0.15) is 0 Å². The molecule has 3 rings (SSSR count). The molecule has 0 bridgehead atoms. The maximum atomic E-state index is 12.2. The number of thioether (sulfide) groups is 1. The Hall–Kier alpha value is -2.45. The highest BCUT2D eigenvalue weighted by molar-refractivity contribution is 9.10. The van der Waals surface area contributed by atoms with Crippen molar-refractivity contribution in [1.29, 1.82) is 0 Å². The van der Waals surface area contributed by atoms with E-state index in [-0.39, 0.29) is 11.7 Å². The summed E-state index contributed by atoms with van der Waals surface area (Å²) in [4.78, 5) is 12.2. The van der Waals surface area contributed by atoms with Crippen LogP contribution in [0.5, 0.6) is 0 Å². The molecular formula is C21H22BrN5OS. The smallest absolute Gasteiger partial charge is 0.250 e. The van der Waals surface area contributed by atoms with Crippen molar-refractivity contribution < 1.29 is 4.79 Å². The lowest BCUT2D eigenvalue weighted by Crippen LogP contribution is -2.21.